The fourth-order valence-electron chi connectivity index (χ4n) is 1.61. The molecule has 19 heavy (non-hydrogen) atoms. The molecule has 0 aliphatic rings. The molecule has 0 saturated heterocycles. The minimum Gasteiger partial charge on any atom is -0.351 e. The van der Waals surface area contributed by atoms with E-state index in [1.165, 1.54) is 0 Å². The number of halogens is 1. The number of amides is 1. The van der Waals surface area contributed by atoms with Crippen molar-refractivity contribution in [3.8, 4) is 5.69 Å². The molecule has 1 atom stereocenters. The molecule has 2 aromatic rings. The van der Waals surface area contributed by atoms with Gasteiger partial charge in [0.25, 0.3) is 5.91 Å². The summed E-state index contributed by atoms with van der Waals surface area (Å²) in [7, 11) is 0. The summed E-state index contributed by atoms with van der Waals surface area (Å²) in [6.45, 7) is 2.69. The maximum atomic E-state index is 11.9. The van der Waals surface area contributed by atoms with Crippen LogP contribution in [-0.2, 0) is 0 Å². The Kier molecular flexibility index (Phi) is 4.74. The van der Waals surface area contributed by atoms with Crippen LogP contribution >= 0.6 is 15.9 Å². The first-order valence-electron chi connectivity index (χ1n) is 6.23. The molecular formula is C14H16BrN3O. The van der Waals surface area contributed by atoms with Crippen LogP contribution in [0.4, 0.5) is 0 Å². The van der Waals surface area contributed by atoms with Gasteiger partial charge in [-0.15, -0.1) is 0 Å². The normalized spacial score (nSPS) is 12.1. The van der Waals surface area contributed by atoms with Crippen molar-refractivity contribution in [2.24, 2.45) is 0 Å². The van der Waals surface area contributed by atoms with E-state index >= 15 is 0 Å². The van der Waals surface area contributed by atoms with E-state index in [1.54, 1.807) is 17.1 Å². The fourth-order valence-corrected chi connectivity index (χ4v) is 1.77. The molecule has 0 aliphatic heterocycles. The molecule has 0 bridgehead atoms. The van der Waals surface area contributed by atoms with Crippen LogP contribution in [0, 0.1) is 0 Å². The Morgan fingerprint density at radius 1 is 1.42 bits per heavy atom. The summed E-state index contributed by atoms with van der Waals surface area (Å²) in [5.41, 5.74) is 1.51. The number of aromatic nitrogens is 2. The number of hydrogen-bond acceptors (Lipinski definition) is 2. The second-order valence-corrected chi connectivity index (χ2v) is 5.52. The van der Waals surface area contributed by atoms with Crippen LogP contribution in [0.1, 0.15) is 23.7 Å². The van der Waals surface area contributed by atoms with Crippen molar-refractivity contribution in [2.45, 2.75) is 18.2 Å². The molecule has 0 saturated carbocycles. The van der Waals surface area contributed by atoms with Gasteiger partial charge in [-0.1, -0.05) is 41.1 Å². The van der Waals surface area contributed by atoms with E-state index in [2.05, 4.69) is 33.3 Å². The Morgan fingerprint density at radius 3 is 2.84 bits per heavy atom. The maximum Gasteiger partial charge on any atom is 0.254 e. The Balaban J connectivity index is 2.03. The number of alkyl halides is 1. The van der Waals surface area contributed by atoms with E-state index in [0.29, 0.717) is 16.9 Å². The smallest absolute Gasteiger partial charge is 0.254 e. The molecule has 1 unspecified atom stereocenters. The second kappa shape index (κ2) is 6.52. The highest BCUT2D eigenvalue weighted by atomic mass is 79.9. The third kappa shape index (κ3) is 3.67. The quantitative estimate of drug-likeness (QED) is 0.861. The first kappa shape index (κ1) is 13.8. The van der Waals surface area contributed by atoms with E-state index in [9.17, 15) is 4.79 Å². The highest BCUT2D eigenvalue weighted by Gasteiger charge is 2.10. The zero-order valence-corrected chi connectivity index (χ0v) is 12.3. The highest BCUT2D eigenvalue weighted by Crippen LogP contribution is 2.08. The van der Waals surface area contributed by atoms with Gasteiger partial charge >= 0.3 is 0 Å². The van der Waals surface area contributed by atoms with Crippen molar-refractivity contribution in [1.29, 1.82) is 0 Å². The number of nitrogens with one attached hydrogen (secondary N) is 1. The molecule has 1 aromatic carbocycles. The number of carbonyl (C=O) groups is 1. The molecule has 0 radical (unpaired) electrons. The van der Waals surface area contributed by atoms with E-state index in [-0.39, 0.29) is 5.91 Å². The SMILES string of the molecule is CCC(Br)CNC(=O)c1cnn(-c2ccccc2)c1. The molecule has 1 heterocycles. The molecule has 2 rings (SSSR count). The van der Waals surface area contributed by atoms with Crippen LogP contribution in [0.2, 0.25) is 0 Å². The summed E-state index contributed by atoms with van der Waals surface area (Å²) in [5, 5.41) is 7.07. The lowest BCUT2D eigenvalue weighted by Gasteiger charge is -2.07. The van der Waals surface area contributed by atoms with Crippen LogP contribution in [0.15, 0.2) is 42.7 Å². The molecule has 5 heteroatoms. The minimum absolute atomic E-state index is 0.0971. The number of para-hydroxylation sites is 1. The molecule has 0 fully saturated rings. The van der Waals surface area contributed by atoms with Gasteiger partial charge in [0.2, 0.25) is 0 Å². The van der Waals surface area contributed by atoms with Gasteiger partial charge in [0.05, 0.1) is 17.4 Å². The predicted octanol–water partition coefficient (Wildman–Crippen LogP) is 2.78. The molecular weight excluding hydrogens is 306 g/mol. The number of rotatable bonds is 5. The summed E-state index contributed by atoms with van der Waals surface area (Å²) < 4.78 is 1.69. The summed E-state index contributed by atoms with van der Waals surface area (Å²) >= 11 is 3.48. The topological polar surface area (TPSA) is 46.9 Å². The lowest BCUT2D eigenvalue weighted by Crippen LogP contribution is -2.28. The van der Waals surface area contributed by atoms with Crippen molar-refractivity contribution < 1.29 is 4.79 Å². The Bertz CT molecular complexity index is 539. The minimum atomic E-state index is -0.0971. The largest absolute Gasteiger partial charge is 0.351 e. The van der Waals surface area contributed by atoms with Gasteiger partial charge in [0.1, 0.15) is 0 Å². The van der Waals surface area contributed by atoms with Gasteiger partial charge < -0.3 is 5.32 Å². The van der Waals surface area contributed by atoms with Crippen molar-refractivity contribution in [2.75, 3.05) is 6.54 Å². The monoisotopic (exact) mass is 321 g/mol. The number of carbonyl (C=O) groups excluding carboxylic acids is 1. The number of benzene rings is 1. The number of nitrogens with zero attached hydrogens (tertiary/aromatic N) is 2. The second-order valence-electron chi connectivity index (χ2n) is 4.22. The lowest BCUT2D eigenvalue weighted by molar-refractivity contribution is 0.0954. The average molecular weight is 322 g/mol. The standard InChI is InChI=1S/C14H16BrN3O/c1-2-12(15)9-16-14(19)11-8-17-18(10-11)13-6-4-3-5-7-13/h3-8,10,12H,2,9H2,1H3,(H,16,19). The molecule has 0 spiro atoms. The van der Waals surface area contributed by atoms with Crippen molar-refractivity contribution in [3.63, 3.8) is 0 Å². The summed E-state index contributed by atoms with van der Waals surface area (Å²) in [6.07, 6.45) is 4.29. The Morgan fingerprint density at radius 2 is 2.16 bits per heavy atom. The molecule has 4 nitrogen and oxygen atoms in total. The van der Waals surface area contributed by atoms with Gasteiger partial charge in [0, 0.05) is 17.6 Å². The van der Waals surface area contributed by atoms with Gasteiger partial charge in [-0.2, -0.15) is 5.10 Å². The Hall–Kier alpha value is -1.62. The van der Waals surface area contributed by atoms with Crippen LogP contribution < -0.4 is 5.32 Å². The third-order valence-corrected chi connectivity index (χ3v) is 3.76. The van der Waals surface area contributed by atoms with Crippen molar-refractivity contribution in [1.82, 2.24) is 15.1 Å². The highest BCUT2D eigenvalue weighted by molar-refractivity contribution is 9.09. The zero-order valence-electron chi connectivity index (χ0n) is 10.7. The molecule has 1 N–H and O–H groups in total. The molecule has 100 valence electrons. The lowest BCUT2D eigenvalue weighted by atomic mass is 10.3. The summed E-state index contributed by atoms with van der Waals surface area (Å²) in [5.74, 6) is -0.0971. The molecule has 1 aromatic heterocycles. The fraction of sp³-hybridized carbons (Fsp3) is 0.286. The summed E-state index contributed by atoms with van der Waals surface area (Å²) in [6, 6.07) is 9.71. The van der Waals surface area contributed by atoms with E-state index in [1.807, 2.05) is 30.3 Å². The van der Waals surface area contributed by atoms with Gasteiger partial charge in [-0.25, -0.2) is 4.68 Å². The van der Waals surface area contributed by atoms with Gasteiger partial charge in [0.15, 0.2) is 0 Å². The number of hydrogen-bond donors (Lipinski definition) is 1. The zero-order chi connectivity index (χ0) is 13.7. The third-order valence-electron chi connectivity index (χ3n) is 2.79. The van der Waals surface area contributed by atoms with Crippen molar-refractivity contribution in [3.05, 3.63) is 48.3 Å². The van der Waals surface area contributed by atoms with Crippen LogP contribution in [0.3, 0.4) is 0 Å². The first-order valence-corrected chi connectivity index (χ1v) is 7.14. The van der Waals surface area contributed by atoms with Crippen molar-refractivity contribution >= 4 is 21.8 Å². The van der Waals surface area contributed by atoms with Gasteiger partial charge in [-0.3, -0.25) is 4.79 Å². The van der Waals surface area contributed by atoms with Crippen LogP contribution in [0.25, 0.3) is 5.69 Å². The average Bonchev–Trinajstić information content (AvgIpc) is 2.95. The maximum absolute atomic E-state index is 11.9. The molecule has 0 aliphatic carbocycles. The first-order chi connectivity index (χ1) is 9.20. The molecule has 1 amide bonds. The van der Waals surface area contributed by atoms with E-state index in [0.717, 1.165) is 12.1 Å². The van der Waals surface area contributed by atoms with Crippen LogP contribution in [-0.4, -0.2) is 27.1 Å². The summed E-state index contributed by atoms with van der Waals surface area (Å²) in [4.78, 5) is 12.2. The van der Waals surface area contributed by atoms with Crippen LogP contribution in [0.5, 0.6) is 0 Å². The Labute approximate surface area is 120 Å². The van der Waals surface area contributed by atoms with Gasteiger partial charge in [-0.05, 0) is 18.6 Å². The van der Waals surface area contributed by atoms with E-state index < -0.39 is 0 Å². The van der Waals surface area contributed by atoms with E-state index in [4.69, 9.17) is 0 Å². The predicted molar refractivity (Wildman–Crippen MR) is 78.9 cm³/mol.